The van der Waals surface area contributed by atoms with E-state index in [-0.39, 0.29) is 0 Å². The SMILES string of the molecule is [C-]#[N+]c1ccc(C=Cc2ccc3cc(C=Cc4ccc5cc(C=Cc6ccc(C#N)cc6)ccc5c4)ccc3c2)cc1. The van der Waals surface area contributed by atoms with Crippen molar-refractivity contribution >= 4 is 63.7 Å². The third-order valence-corrected chi connectivity index (χ3v) is 7.24. The molecular weight excluding hydrogens is 508 g/mol. The number of fused-ring (bicyclic) bond motifs is 2. The van der Waals surface area contributed by atoms with Crippen molar-refractivity contribution in [3.05, 3.63) is 172 Å². The fourth-order valence-electron chi connectivity index (χ4n) is 4.89. The van der Waals surface area contributed by atoms with E-state index >= 15 is 0 Å². The van der Waals surface area contributed by atoms with E-state index in [9.17, 15) is 0 Å². The van der Waals surface area contributed by atoms with Crippen LogP contribution in [0.5, 0.6) is 0 Å². The number of nitrogens with zero attached hydrogens (tertiary/aromatic N) is 2. The standard InChI is InChI=1S/C40H26N2/c1-42-40-22-16-30(17-23-40)3-7-32-13-19-39-27-34(15-21-37(39)25-32)9-8-33-14-20-36-24-31(12-18-38(36)26-33)6-2-29-4-10-35(28-41)11-5-29/h2-27H. The second-order valence-electron chi connectivity index (χ2n) is 10.2. The maximum atomic E-state index is 8.97. The van der Waals surface area contributed by atoms with E-state index in [2.05, 4.69) is 120 Å². The van der Waals surface area contributed by atoms with Crippen molar-refractivity contribution in [3.63, 3.8) is 0 Å². The molecule has 0 unspecified atom stereocenters. The van der Waals surface area contributed by atoms with Crippen LogP contribution < -0.4 is 0 Å². The normalized spacial score (nSPS) is 11.5. The van der Waals surface area contributed by atoms with Gasteiger partial charge in [0.15, 0.2) is 5.69 Å². The first kappa shape index (κ1) is 26.3. The van der Waals surface area contributed by atoms with Gasteiger partial charge in [0.25, 0.3) is 0 Å². The van der Waals surface area contributed by atoms with Gasteiger partial charge in [-0.1, -0.05) is 121 Å². The number of rotatable bonds is 6. The smallest absolute Gasteiger partial charge is 0.187 e. The first-order valence-corrected chi connectivity index (χ1v) is 13.7. The van der Waals surface area contributed by atoms with Gasteiger partial charge in [0, 0.05) is 0 Å². The summed E-state index contributed by atoms with van der Waals surface area (Å²) in [5, 5.41) is 13.8. The lowest BCUT2D eigenvalue weighted by atomic mass is 10.0. The first-order chi connectivity index (χ1) is 20.6. The third-order valence-electron chi connectivity index (χ3n) is 7.24. The zero-order valence-electron chi connectivity index (χ0n) is 22.9. The summed E-state index contributed by atoms with van der Waals surface area (Å²) in [7, 11) is 0. The van der Waals surface area contributed by atoms with Gasteiger partial charge < -0.3 is 0 Å². The van der Waals surface area contributed by atoms with Crippen molar-refractivity contribution in [2.75, 3.05) is 0 Å². The summed E-state index contributed by atoms with van der Waals surface area (Å²) < 4.78 is 0. The Kier molecular flexibility index (Phi) is 7.54. The van der Waals surface area contributed by atoms with Crippen LogP contribution in [0.2, 0.25) is 0 Å². The van der Waals surface area contributed by atoms with E-state index in [0.29, 0.717) is 11.3 Å². The Balaban J connectivity index is 1.14. The van der Waals surface area contributed by atoms with Gasteiger partial charge in [0.1, 0.15) is 0 Å². The molecule has 0 aliphatic heterocycles. The molecule has 0 aliphatic carbocycles. The Morgan fingerprint density at radius 3 is 1.07 bits per heavy atom. The minimum absolute atomic E-state index is 0.656. The van der Waals surface area contributed by atoms with Crippen LogP contribution in [0.1, 0.15) is 38.9 Å². The topological polar surface area (TPSA) is 28.1 Å². The van der Waals surface area contributed by atoms with Gasteiger partial charge in [-0.3, -0.25) is 0 Å². The summed E-state index contributed by atoms with van der Waals surface area (Å²) in [5.41, 5.74) is 8.08. The van der Waals surface area contributed by atoms with Crippen molar-refractivity contribution in [1.29, 1.82) is 5.26 Å². The maximum absolute atomic E-state index is 8.97. The van der Waals surface area contributed by atoms with Crippen LogP contribution in [-0.2, 0) is 0 Å². The summed E-state index contributed by atoms with van der Waals surface area (Å²) >= 11 is 0. The molecule has 0 radical (unpaired) electrons. The highest BCUT2D eigenvalue weighted by Gasteiger charge is 1.99. The molecule has 0 aromatic heterocycles. The Morgan fingerprint density at radius 1 is 0.429 bits per heavy atom. The molecule has 6 aromatic carbocycles. The fraction of sp³-hybridized carbons (Fsp3) is 0. The molecule has 0 aliphatic rings. The number of nitriles is 1. The Morgan fingerprint density at radius 2 is 0.738 bits per heavy atom. The zero-order chi connectivity index (χ0) is 28.7. The first-order valence-electron chi connectivity index (χ1n) is 13.7. The van der Waals surface area contributed by atoms with Gasteiger partial charge in [-0.15, -0.1) is 0 Å². The quantitative estimate of drug-likeness (QED) is 0.154. The van der Waals surface area contributed by atoms with Crippen molar-refractivity contribution in [2.45, 2.75) is 0 Å². The summed E-state index contributed by atoms with van der Waals surface area (Å²) in [6.07, 6.45) is 12.7. The highest BCUT2D eigenvalue weighted by atomic mass is 14.6. The average molecular weight is 535 g/mol. The van der Waals surface area contributed by atoms with E-state index in [1.54, 1.807) is 0 Å². The molecule has 0 fully saturated rings. The van der Waals surface area contributed by atoms with E-state index < -0.39 is 0 Å². The van der Waals surface area contributed by atoms with E-state index in [4.69, 9.17) is 11.8 Å². The van der Waals surface area contributed by atoms with Crippen LogP contribution in [0, 0.1) is 17.9 Å². The zero-order valence-corrected chi connectivity index (χ0v) is 22.9. The molecule has 196 valence electrons. The van der Waals surface area contributed by atoms with Crippen LogP contribution in [-0.4, -0.2) is 0 Å². The Bertz CT molecular complexity index is 1930. The molecule has 0 saturated heterocycles. The van der Waals surface area contributed by atoms with Crippen molar-refractivity contribution in [1.82, 2.24) is 0 Å². The van der Waals surface area contributed by atoms with Crippen LogP contribution in [0.3, 0.4) is 0 Å². The second kappa shape index (κ2) is 12.1. The number of hydrogen-bond acceptors (Lipinski definition) is 1. The van der Waals surface area contributed by atoms with Gasteiger partial charge in [-0.25, -0.2) is 4.85 Å². The second-order valence-corrected chi connectivity index (χ2v) is 10.2. The van der Waals surface area contributed by atoms with Crippen molar-refractivity contribution in [2.24, 2.45) is 0 Å². The van der Waals surface area contributed by atoms with E-state index in [1.807, 2.05) is 48.5 Å². The Hall–Kier alpha value is -5.96. The lowest BCUT2D eigenvalue weighted by Gasteiger charge is -2.04. The Labute approximate surface area is 246 Å². The van der Waals surface area contributed by atoms with Crippen LogP contribution in [0.4, 0.5) is 5.69 Å². The number of hydrogen-bond donors (Lipinski definition) is 0. The minimum atomic E-state index is 0.656. The highest BCUT2D eigenvalue weighted by molar-refractivity contribution is 5.91. The predicted octanol–water partition coefficient (Wildman–Crippen LogP) is 10.9. The summed E-state index contributed by atoms with van der Waals surface area (Å²) in [6, 6.07) is 43.4. The van der Waals surface area contributed by atoms with Gasteiger partial charge in [0.2, 0.25) is 0 Å². The monoisotopic (exact) mass is 534 g/mol. The molecule has 2 heteroatoms. The molecule has 0 amide bonds. The average Bonchev–Trinajstić information content (AvgIpc) is 3.05. The lowest BCUT2D eigenvalue weighted by Crippen LogP contribution is -1.80. The fourth-order valence-corrected chi connectivity index (χ4v) is 4.89. The molecule has 6 rings (SSSR count). The molecule has 42 heavy (non-hydrogen) atoms. The molecular formula is C40H26N2. The molecule has 0 bridgehead atoms. The van der Waals surface area contributed by atoms with Gasteiger partial charge in [0.05, 0.1) is 18.2 Å². The van der Waals surface area contributed by atoms with Gasteiger partial charge in [-0.2, -0.15) is 5.26 Å². The van der Waals surface area contributed by atoms with Crippen LogP contribution >= 0.6 is 0 Å². The molecule has 0 N–H and O–H groups in total. The van der Waals surface area contributed by atoms with Crippen molar-refractivity contribution in [3.8, 4) is 6.07 Å². The number of benzene rings is 6. The van der Waals surface area contributed by atoms with Crippen LogP contribution in [0.25, 0.3) is 62.8 Å². The lowest BCUT2D eigenvalue weighted by molar-refractivity contribution is 1.48. The summed E-state index contributed by atoms with van der Waals surface area (Å²) in [4.78, 5) is 3.45. The van der Waals surface area contributed by atoms with E-state index in [1.165, 1.54) is 21.5 Å². The summed E-state index contributed by atoms with van der Waals surface area (Å²) in [6.45, 7) is 7.08. The molecule has 0 heterocycles. The maximum Gasteiger partial charge on any atom is 0.187 e. The van der Waals surface area contributed by atoms with Crippen molar-refractivity contribution < 1.29 is 0 Å². The predicted molar refractivity (Wildman–Crippen MR) is 179 cm³/mol. The highest BCUT2D eigenvalue weighted by Crippen LogP contribution is 2.23. The van der Waals surface area contributed by atoms with Gasteiger partial charge >= 0.3 is 0 Å². The molecule has 6 aromatic rings. The molecule has 0 saturated carbocycles. The molecule has 2 nitrogen and oxygen atoms in total. The van der Waals surface area contributed by atoms with Gasteiger partial charge in [-0.05, 0) is 91.3 Å². The third kappa shape index (κ3) is 6.26. The summed E-state index contributed by atoms with van der Waals surface area (Å²) in [5.74, 6) is 0. The largest absolute Gasteiger partial charge is 0.238 e. The molecule has 0 spiro atoms. The van der Waals surface area contributed by atoms with E-state index in [0.717, 1.165) is 33.4 Å². The molecule has 0 atom stereocenters. The minimum Gasteiger partial charge on any atom is -0.238 e. The van der Waals surface area contributed by atoms with Crippen LogP contribution in [0.15, 0.2) is 121 Å².